The van der Waals surface area contributed by atoms with Crippen LogP contribution in [0.1, 0.15) is 16.1 Å². The molecule has 0 spiro atoms. The Balaban J connectivity index is 1.72. The standard InChI is InChI=1S/C14H13NO5/c16-14(17)10-3-4-18-13(10)8-15-9-1-2-11-12(7-9)20-6-5-19-11/h1-4,7,15H,5-6,8H2,(H,16,17). The monoisotopic (exact) mass is 275 g/mol. The Bertz CT molecular complexity index is 634. The van der Waals surface area contributed by atoms with Gasteiger partial charge < -0.3 is 24.3 Å². The second kappa shape index (κ2) is 5.16. The molecule has 2 N–H and O–H groups in total. The minimum Gasteiger partial charge on any atom is -0.486 e. The normalized spacial score (nSPS) is 13.0. The molecule has 0 saturated carbocycles. The van der Waals surface area contributed by atoms with Crippen LogP contribution in [0.15, 0.2) is 34.9 Å². The molecule has 0 bridgehead atoms. The van der Waals surface area contributed by atoms with Gasteiger partial charge in [-0.05, 0) is 18.2 Å². The summed E-state index contributed by atoms with van der Waals surface area (Å²) in [5.41, 5.74) is 0.969. The van der Waals surface area contributed by atoms with E-state index in [2.05, 4.69) is 5.32 Å². The van der Waals surface area contributed by atoms with Gasteiger partial charge in [-0.15, -0.1) is 0 Å². The van der Waals surface area contributed by atoms with E-state index in [0.717, 1.165) is 5.69 Å². The number of hydrogen-bond acceptors (Lipinski definition) is 5. The van der Waals surface area contributed by atoms with Crippen LogP contribution in [0.4, 0.5) is 5.69 Å². The fourth-order valence-electron chi connectivity index (χ4n) is 2.00. The average Bonchev–Trinajstić information content (AvgIpc) is 2.93. The molecule has 1 aliphatic rings. The van der Waals surface area contributed by atoms with Crippen molar-refractivity contribution in [3.05, 3.63) is 41.9 Å². The van der Waals surface area contributed by atoms with Gasteiger partial charge in [0.1, 0.15) is 24.5 Å². The molecule has 1 aliphatic heterocycles. The van der Waals surface area contributed by atoms with Crippen LogP contribution < -0.4 is 14.8 Å². The van der Waals surface area contributed by atoms with E-state index in [9.17, 15) is 4.79 Å². The van der Waals surface area contributed by atoms with Crippen molar-refractivity contribution in [1.29, 1.82) is 0 Å². The lowest BCUT2D eigenvalue weighted by Crippen LogP contribution is -2.15. The van der Waals surface area contributed by atoms with Crippen LogP contribution in [0.2, 0.25) is 0 Å². The van der Waals surface area contributed by atoms with Gasteiger partial charge in [0.2, 0.25) is 0 Å². The van der Waals surface area contributed by atoms with Gasteiger partial charge in [0.15, 0.2) is 11.5 Å². The summed E-state index contributed by atoms with van der Waals surface area (Å²) < 4.78 is 16.1. The summed E-state index contributed by atoms with van der Waals surface area (Å²) in [5.74, 6) is 0.773. The van der Waals surface area contributed by atoms with Crippen molar-refractivity contribution in [2.24, 2.45) is 0 Å². The summed E-state index contributed by atoms with van der Waals surface area (Å²) in [6.07, 6.45) is 1.37. The van der Waals surface area contributed by atoms with Gasteiger partial charge in [0.05, 0.1) is 12.8 Å². The summed E-state index contributed by atoms with van der Waals surface area (Å²) in [6.45, 7) is 1.36. The number of anilines is 1. The Hall–Kier alpha value is -2.63. The molecule has 2 aromatic rings. The van der Waals surface area contributed by atoms with Crippen molar-refractivity contribution in [3.8, 4) is 11.5 Å². The molecule has 0 radical (unpaired) electrons. The molecule has 0 saturated heterocycles. The van der Waals surface area contributed by atoms with E-state index in [1.807, 2.05) is 18.2 Å². The highest BCUT2D eigenvalue weighted by molar-refractivity contribution is 5.88. The smallest absolute Gasteiger partial charge is 0.339 e. The van der Waals surface area contributed by atoms with Crippen molar-refractivity contribution in [2.45, 2.75) is 6.54 Å². The maximum Gasteiger partial charge on any atom is 0.339 e. The topological polar surface area (TPSA) is 80.9 Å². The molecule has 0 unspecified atom stereocenters. The lowest BCUT2D eigenvalue weighted by atomic mass is 10.2. The third-order valence-corrected chi connectivity index (χ3v) is 2.97. The molecular formula is C14H13NO5. The minimum absolute atomic E-state index is 0.162. The predicted octanol–water partition coefficient (Wildman–Crippen LogP) is 2.36. The van der Waals surface area contributed by atoms with Gasteiger partial charge in [-0.1, -0.05) is 0 Å². The molecule has 3 rings (SSSR count). The SMILES string of the molecule is O=C(O)c1ccoc1CNc1ccc2c(c1)OCCO2. The van der Waals surface area contributed by atoms with Crippen molar-refractivity contribution in [2.75, 3.05) is 18.5 Å². The zero-order valence-corrected chi connectivity index (χ0v) is 10.6. The summed E-state index contributed by atoms with van der Waals surface area (Å²) in [7, 11) is 0. The fraction of sp³-hybridized carbons (Fsp3) is 0.214. The molecule has 6 heteroatoms. The van der Waals surface area contributed by atoms with Gasteiger partial charge in [-0.2, -0.15) is 0 Å². The summed E-state index contributed by atoms with van der Waals surface area (Å²) in [5, 5.41) is 12.1. The second-order valence-electron chi connectivity index (χ2n) is 4.27. The number of hydrogen-bond donors (Lipinski definition) is 2. The van der Waals surface area contributed by atoms with E-state index in [-0.39, 0.29) is 12.1 Å². The molecule has 2 heterocycles. The van der Waals surface area contributed by atoms with Crippen molar-refractivity contribution in [3.63, 3.8) is 0 Å². The molecule has 104 valence electrons. The Labute approximate surface area is 114 Å². The van der Waals surface area contributed by atoms with E-state index in [4.69, 9.17) is 19.0 Å². The fourth-order valence-corrected chi connectivity index (χ4v) is 2.00. The molecule has 1 aromatic heterocycles. The van der Waals surface area contributed by atoms with Crippen molar-refractivity contribution >= 4 is 11.7 Å². The Morgan fingerprint density at radius 1 is 1.20 bits per heavy atom. The van der Waals surface area contributed by atoms with Crippen molar-refractivity contribution < 1.29 is 23.8 Å². The van der Waals surface area contributed by atoms with Crippen LogP contribution in [0.5, 0.6) is 11.5 Å². The van der Waals surface area contributed by atoms with E-state index < -0.39 is 5.97 Å². The average molecular weight is 275 g/mol. The molecule has 0 fully saturated rings. The third-order valence-electron chi connectivity index (χ3n) is 2.97. The van der Waals surface area contributed by atoms with Crippen LogP contribution in [0, 0.1) is 0 Å². The number of fused-ring (bicyclic) bond motifs is 1. The second-order valence-corrected chi connectivity index (χ2v) is 4.27. The quantitative estimate of drug-likeness (QED) is 0.891. The molecule has 0 atom stereocenters. The zero-order chi connectivity index (χ0) is 13.9. The molecule has 1 aromatic carbocycles. The first kappa shape index (κ1) is 12.4. The van der Waals surface area contributed by atoms with E-state index in [1.165, 1.54) is 12.3 Å². The highest BCUT2D eigenvalue weighted by atomic mass is 16.6. The summed E-state index contributed by atoms with van der Waals surface area (Å²) in [4.78, 5) is 11.0. The molecule has 0 amide bonds. The molecular weight excluding hydrogens is 262 g/mol. The first-order valence-electron chi connectivity index (χ1n) is 6.17. The molecule has 6 nitrogen and oxygen atoms in total. The maximum atomic E-state index is 11.0. The number of carboxylic acid groups (broad SMARTS) is 1. The van der Waals surface area contributed by atoms with Crippen LogP contribution >= 0.6 is 0 Å². The molecule has 0 aliphatic carbocycles. The van der Waals surface area contributed by atoms with Crippen LogP contribution in [0.25, 0.3) is 0 Å². The number of rotatable bonds is 4. The number of nitrogens with one attached hydrogen (secondary N) is 1. The zero-order valence-electron chi connectivity index (χ0n) is 10.6. The highest BCUT2D eigenvalue weighted by Gasteiger charge is 2.14. The van der Waals surface area contributed by atoms with Gasteiger partial charge >= 0.3 is 5.97 Å². The number of furan rings is 1. The number of carbonyl (C=O) groups is 1. The van der Waals surface area contributed by atoms with Crippen molar-refractivity contribution in [1.82, 2.24) is 0 Å². The van der Waals surface area contributed by atoms with E-state index >= 15 is 0 Å². The third kappa shape index (κ3) is 2.40. The maximum absolute atomic E-state index is 11.0. The molecule has 20 heavy (non-hydrogen) atoms. The number of benzene rings is 1. The number of aromatic carboxylic acids is 1. The first-order valence-corrected chi connectivity index (χ1v) is 6.17. The van der Waals surface area contributed by atoms with E-state index in [1.54, 1.807) is 0 Å². The first-order chi connectivity index (χ1) is 9.74. The Kier molecular flexibility index (Phi) is 3.20. The van der Waals surface area contributed by atoms with Gasteiger partial charge in [0.25, 0.3) is 0 Å². The highest BCUT2D eigenvalue weighted by Crippen LogP contribution is 2.32. The Morgan fingerprint density at radius 3 is 2.80 bits per heavy atom. The van der Waals surface area contributed by atoms with Crippen LogP contribution in [-0.2, 0) is 6.54 Å². The summed E-state index contributed by atoms with van der Waals surface area (Å²) >= 11 is 0. The van der Waals surface area contributed by atoms with Crippen LogP contribution in [0.3, 0.4) is 0 Å². The minimum atomic E-state index is -1.00. The predicted molar refractivity (Wildman–Crippen MR) is 70.4 cm³/mol. The number of carboxylic acids is 1. The van der Waals surface area contributed by atoms with Gasteiger partial charge in [0, 0.05) is 11.8 Å². The lowest BCUT2D eigenvalue weighted by Gasteiger charge is -2.19. The van der Waals surface area contributed by atoms with Gasteiger partial charge in [-0.25, -0.2) is 4.79 Å². The van der Waals surface area contributed by atoms with Crippen LogP contribution in [-0.4, -0.2) is 24.3 Å². The lowest BCUT2D eigenvalue weighted by molar-refractivity contribution is 0.0694. The van der Waals surface area contributed by atoms with E-state index in [0.29, 0.717) is 30.5 Å². The largest absolute Gasteiger partial charge is 0.486 e. The summed E-state index contributed by atoms with van der Waals surface area (Å²) in [6, 6.07) is 6.91. The Morgan fingerprint density at radius 2 is 2.00 bits per heavy atom. The van der Waals surface area contributed by atoms with Gasteiger partial charge in [-0.3, -0.25) is 0 Å². The number of ether oxygens (including phenoxy) is 2.